The van der Waals surface area contributed by atoms with Crippen LogP contribution in [0.4, 0.5) is 0 Å². The van der Waals surface area contributed by atoms with Gasteiger partial charge in [-0.15, -0.1) is 24.0 Å². The zero-order chi connectivity index (χ0) is 13.7. The molecule has 1 aromatic carbocycles. The summed E-state index contributed by atoms with van der Waals surface area (Å²) < 4.78 is 5.32. The summed E-state index contributed by atoms with van der Waals surface area (Å²) in [6.07, 6.45) is 0. The summed E-state index contributed by atoms with van der Waals surface area (Å²) in [4.78, 5) is 8.62. The normalized spacial score (nSPS) is 9.37. The lowest BCUT2D eigenvalue weighted by molar-refractivity contribution is 0.411. The number of halogens is 1. The van der Waals surface area contributed by atoms with Gasteiger partial charge in [-0.2, -0.15) is 0 Å². The Morgan fingerprint density at radius 1 is 1.16 bits per heavy atom. The molecule has 0 fully saturated rings. The molecule has 0 heterocycles. The molecule has 0 aliphatic rings. The monoisotopic (exact) mass is 377 g/mol. The van der Waals surface area contributed by atoms with Crippen molar-refractivity contribution in [1.29, 1.82) is 0 Å². The van der Waals surface area contributed by atoms with Crippen LogP contribution in [-0.2, 0) is 6.54 Å². The zero-order valence-corrected chi connectivity index (χ0v) is 14.9. The molecule has 0 saturated heterocycles. The molecule has 19 heavy (non-hydrogen) atoms. The van der Waals surface area contributed by atoms with E-state index in [1.54, 1.807) is 7.11 Å². The second-order valence-corrected chi connectivity index (χ2v) is 4.71. The van der Waals surface area contributed by atoms with E-state index in [1.165, 1.54) is 0 Å². The maximum Gasteiger partial charge on any atom is 0.195 e. The van der Waals surface area contributed by atoms with Crippen LogP contribution in [0.2, 0.25) is 0 Å². The third kappa shape index (κ3) is 5.26. The highest BCUT2D eigenvalue weighted by Crippen LogP contribution is 2.19. The molecule has 0 aliphatic carbocycles. The van der Waals surface area contributed by atoms with E-state index in [0.717, 1.165) is 22.8 Å². The van der Waals surface area contributed by atoms with Crippen LogP contribution in [-0.4, -0.2) is 51.1 Å². The molecule has 5 heteroatoms. The Kier molecular flexibility index (Phi) is 7.82. The highest BCUT2D eigenvalue weighted by Gasteiger charge is 2.05. The molecule has 0 bridgehead atoms. The Morgan fingerprint density at radius 3 is 2.21 bits per heavy atom. The summed E-state index contributed by atoms with van der Waals surface area (Å²) in [5.74, 6) is 1.87. The second-order valence-electron chi connectivity index (χ2n) is 4.71. The Labute approximate surface area is 133 Å². The minimum atomic E-state index is 0. The van der Waals surface area contributed by atoms with Crippen molar-refractivity contribution < 1.29 is 4.74 Å². The third-order valence-electron chi connectivity index (χ3n) is 2.68. The number of hydrogen-bond acceptors (Lipinski definition) is 2. The molecule has 0 saturated carbocycles. The van der Waals surface area contributed by atoms with Gasteiger partial charge in [-0.3, -0.25) is 0 Å². The van der Waals surface area contributed by atoms with Crippen LogP contribution < -0.4 is 4.74 Å². The van der Waals surface area contributed by atoms with Gasteiger partial charge < -0.3 is 14.5 Å². The van der Waals surface area contributed by atoms with Crippen molar-refractivity contribution in [1.82, 2.24) is 9.80 Å². The van der Waals surface area contributed by atoms with Gasteiger partial charge in [0.1, 0.15) is 5.75 Å². The van der Waals surface area contributed by atoms with Gasteiger partial charge in [-0.05, 0) is 24.1 Å². The van der Waals surface area contributed by atoms with Crippen LogP contribution in [0.1, 0.15) is 11.1 Å². The Bertz CT molecular complexity index is 421. The summed E-state index contributed by atoms with van der Waals surface area (Å²) in [6.45, 7) is 2.69. The molecule has 0 aliphatic heterocycles. The van der Waals surface area contributed by atoms with Crippen molar-refractivity contribution in [3.8, 4) is 5.75 Å². The van der Waals surface area contributed by atoms with Gasteiger partial charge in [-0.25, -0.2) is 4.99 Å². The van der Waals surface area contributed by atoms with Crippen LogP contribution in [0.3, 0.4) is 0 Å². The number of hydrogen-bond donors (Lipinski definition) is 0. The predicted molar refractivity (Wildman–Crippen MR) is 91.7 cm³/mol. The lowest BCUT2D eigenvalue weighted by Crippen LogP contribution is -2.35. The lowest BCUT2D eigenvalue weighted by Gasteiger charge is -2.22. The van der Waals surface area contributed by atoms with Crippen LogP contribution in [0.5, 0.6) is 5.75 Å². The van der Waals surface area contributed by atoms with Gasteiger partial charge in [0.05, 0.1) is 13.7 Å². The maximum atomic E-state index is 5.32. The molecule has 0 atom stereocenters. The molecule has 1 rings (SSSR count). The van der Waals surface area contributed by atoms with E-state index in [2.05, 4.69) is 17.1 Å². The molecule has 0 spiro atoms. The van der Waals surface area contributed by atoms with Crippen LogP contribution in [0.15, 0.2) is 23.2 Å². The van der Waals surface area contributed by atoms with Crippen molar-refractivity contribution in [3.63, 3.8) is 0 Å². The molecule has 0 unspecified atom stereocenters. The second kappa shape index (κ2) is 8.24. The van der Waals surface area contributed by atoms with Crippen LogP contribution in [0, 0.1) is 6.92 Å². The number of benzene rings is 1. The van der Waals surface area contributed by atoms with Gasteiger partial charge >= 0.3 is 0 Å². The van der Waals surface area contributed by atoms with E-state index in [9.17, 15) is 0 Å². The molecule has 0 aromatic heterocycles. The van der Waals surface area contributed by atoms with E-state index in [0.29, 0.717) is 6.54 Å². The number of methoxy groups -OCH3 is 1. The molecule has 4 nitrogen and oxygen atoms in total. The number of nitrogens with zero attached hydrogens (tertiary/aromatic N) is 3. The average molecular weight is 377 g/mol. The van der Waals surface area contributed by atoms with E-state index in [-0.39, 0.29) is 24.0 Å². The molecular weight excluding hydrogens is 353 g/mol. The average Bonchev–Trinajstić information content (AvgIpc) is 2.30. The molecule has 108 valence electrons. The van der Waals surface area contributed by atoms with Crippen LogP contribution in [0.25, 0.3) is 0 Å². The molecule has 0 radical (unpaired) electrons. The van der Waals surface area contributed by atoms with Crippen molar-refractivity contribution >= 4 is 29.9 Å². The van der Waals surface area contributed by atoms with Gasteiger partial charge in [0.15, 0.2) is 5.96 Å². The SMILES string of the molecule is COc1cc(CN=C(N(C)C)N(C)C)ccc1C.I. The summed E-state index contributed by atoms with van der Waals surface area (Å²) >= 11 is 0. The number of rotatable bonds is 3. The largest absolute Gasteiger partial charge is 0.496 e. The summed E-state index contributed by atoms with van der Waals surface area (Å²) in [6, 6.07) is 6.20. The summed E-state index contributed by atoms with van der Waals surface area (Å²) in [5, 5.41) is 0. The van der Waals surface area contributed by atoms with Crippen molar-refractivity contribution in [2.24, 2.45) is 4.99 Å². The fourth-order valence-electron chi connectivity index (χ4n) is 1.81. The zero-order valence-electron chi connectivity index (χ0n) is 12.6. The third-order valence-corrected chi connectivity index (χ3v) is 2.68. The van der Waals surface area contributed by atoms with Crippen molar-refractivity contribution in [2.45, 2.75) is 13.5 Å². The minimum Gasteiger partial charge on any atom is -0.496 e. The van der Waals surface area contributed by atoms with E-state index in [1.807, 2.05) is 51.0 Å². The summed E-state index contributed by atoms with van der Waals surface area (Å²) in [5.41, 5.74) is 2.30. The van der Waals surface area contributed by atoms with Crippen molar-refractivity contribution in [2.75, 3.05) is 35.3 Å². The molecule has 0 N–H and O–H groups in total. The number of aryl methyl sites for hydroxylation is 1. The fourth-order valence-corrected chi connectivity index (χ4v) is 1.81. The van der Waals surface area contributed by atoms with Crippen molar-refractivity contribution in [3.05, 3.63) is 29.3 Å². The number of guanidine groups is 1. The minimum absolute atomic E-state index is 0. The highest BCUT2D eigenvalue weighted by atomic mass is 127. The van der Waals surface area contributed by atoms with E-state index < -0.39 is 0 Å². The lowest BCUT2D eigenvalue weighted by atomic mass is 10.1. The topological polar surface area (TPSA) is 28.1 Å². The van der Waals surface area contributed by atoms with E-state index in [4.69, 9.17) is 4.74 Å². The molecular formula is C14H24IN3O. The summed E-state index contributed by atoms with van der Waals surface area (Å²) in [7, 11) is 9.67. The predicted octanol–water partition coefficient (Wildman–Crippen LogP) is 2.60. The first-order valence-electron chi connectivity index (χ1n) is 5.98. The quantitative estimate of drug-likeness (QED) is 0.461. The van der Waals surface area contributed by atoms with Crippen LogP contribution >= 0.6 is 24.0 Å². The first kappa shape index (κ1) is 18.0. The number of ether oxygens (including phenoxy) is 1. The standard InChI is InChI=1S/C14H23N3O.HI/c1-11-7-8-12(9-13(11)18-6)10-15-14(16(2)3)17(4)5;/h7-9H,10H2,1-6H3;1H. The Morgan fingerprint density at radius 2 is 1.74 bits per heavy atom. The fraction of sp³-hybridized carbons (Fsp3) is 0.500. The Hall–Kier alpha value is -0.980. The first-order chi connectivity index (χ1) is 8.45. The number of aliphatic imine (C=N–C) groups is 1. The van der Waals surface area contributed by atoms with Gasteiger partial charge in [-0.1, -0.05) is 12.1 Å². The molecule has 0 amide bonds. The van der Waals surface area contributed by atoms with Gasteiger partial charge in [0, 0.05) is 28.2 Å². The van der Waals surface area contributed by atoms with Gasteiger partial charge in [0.2, 0.25) is 0 Å². The highest BCUT2D eigenvalue weighted by molar-refractivity contribution is 14.0. The maximum absolute atomic E-state index is 5.32. The van der Waals surface area contributed by atoms with Gasteiger partial charge in [0.25, 0.3) is 0 Å². The van der Waals surface area contributed by atoms with E-state index >= 15 is 0 Å². The first-order valence-corrected chi connectivity index (χ1v) is 5.98. The Balaban J connectivity index is 0.00000324. The molecule has 1 aromatic rings. The smallest absolute Gasteiger partial charge is 0.195 e.